The van der Waals surface area contributed by atoms with Crippen LogP contribution < -0.4 is 11.5 Å². The molecule has 0 aromatic carbocycles. The monoisotopic (exact) mass is 390 g/mol. The maximum absolute atomic E-state index is 7.34. The molecule has 148 valence electrons. The largest absolute Gasteiger partial charge is 0.326 e. The first kappa shape index (κ1) is 21.8. The highest BCUT2D eigenvalue weighted by molar-refractivity contribution is 6.25. The molecule has 2 aliphatic carbocycles. The van der Waals surface area contributed by atoms with E-state index >= 15 is 0 Å². The van der Waals surface area contributed by atoms with Crippen LogP contribution in [0.1, 0.15) is 98.3 Å². The van der Waals surface area contributed by atoms with E-state index in [-0.39, 0.29) is 32.7 Å². The molecular formula is C21H40Cl2N2. The van der Waals surface area contributed by atoms with Gasteiger partial charge in [0.15, 0.2) is 0 Å². The zero-order valence-corrected chi connectivity index (χ0v) is 18.4. The molecule has 2 rings (SSSR count). The number of halogens is 2. The first-order valence-electron chi connectivity index (χ1n) is 10.6. The van der Waals surface area contributed by atoms with Crippen LogP contribution in [0, 0.1) is 10.8 Å². The first-order chi connectivity index (χ1) is 11.7. The van der Waals surface area contributed by atoms with Gasteiger partial charge in [0.2, 0.25) is 0 Å². The second-order valence-corrected chi connectivity index (χ2v) is 10.2. The van der Waals surface area contributed by atoms with E-state index in [1.165, 1.54) is 25.7 Å². The Balaban J connectivity index is 2.50. The van der Waals surface area contributed by atoms with Crippen molar-refractivity contribution in [3.05, 3.63) is 0 Å². The van der Waals surface area contributed by atoms with Crippen LogP contribution in [0.25, 0.3) is 0 Å². The van der Waals surface area contributed by atoms with Gasteiger partial charge in [-0.1, -0.05) is 40.5 Å². The molecule has 0 heterocycles. The van der Waals surface area contributed by atoms with E-state index in [9.17, 15) is 0 Å². The van der Waals surface area contributed by atoms with Gasteiger partial charge in [0, 0.05) is 12.1 Å². The maximum atomic E-state index is 7.34. The first-order valence-corrected chi connectivity index (χ1v) is 11.4. The summed E-state index contributed by atoms with van der Waals surface area (Å²) < 4.78 is 0. The molecular weight excluding hydrogens is 351 g/mol. The van der Waals surface area contributed by atoms with Gasteiger partial charge in [-0.3, -0.25) is 0 Å². The molecule has 2 saturated carbocycles. The highest BCUT2D eigenvalue weighted by atomic mass is 35.5. The Hall–Kier alpha value is 0.500. The average Bonchev–Trinajstić information content (AvgIpc) is 2.62. The number of rotatable bonds is 6. The van der Waals surface area contributed by atoms with Gasteiger partial charge in [-0.05, 0) is 68.6 Å². The lowest BCUT2D eigenvalue weighted by Crippen LogP contribution is -2.64. The van der Waals surface area contributed by atoms with Crippen LogP contribution in [-0.2, 0) is 0 Å². The summed E-state index contributed by atoms with van der Waals surface area (Å²) in [5.74, 6) is 0. The van der Waals surface area contributed by atoms with Crippen LogP contribution in [-0.4, -0.2) is 21.8 Å². The summed E-state index contributed by atoms with van der Waals surface area (Å²) in [4.78, 5) is -0.648. The normalized spacial score (nSPS) is 48.5. The summed E-state index contributed by atoms with van der Waals surface area (Å²) in [7, 11) is 0. The lowest BCUT2D eigenvalue weighted by molar-refractivity contribution is -0.0208. The van der Waals surface area contributed by atoms with Crippen LogP contribution in [0.15, 0.2) is 0 Å². The van der Waals surface area contributed by atoms with E-state index < -0.39 is 0 Å². The quantitative estimate of drug-likeness (QED) is 0.548. The molecule has 6 unspecified atom stereocenters. The van der Waals surface area contributed by atoms with E-state index in [1.807, 2.05) is 0 Å². The predicted octanol–water partition coefficient (Wildman–Crippen LogP) is 5.97. The molecule has 2 fully saturated rings. The van der Waals surface area contributed by atoms with Crippen LogP contribution in [0.5, 0.6) is 0 Å². The summed E-state index contributed by atoms with van der Waals surface area (Å²) in [6, 6.07) is 0.149. The average molecular weight is 391 g/mol. The van der Waals surface area contributed by atoms with Gasteiger partial charge in [0.1, 0.15) is 0 Å². The summed E-state index contributed by atoms with van der Waals surface area (Å²) in [5, 5.41) is 0. The lowest BCUT2D eigenvalue weighted by atomic mass is 9.49. The van der Waals surface area contributed by atoms with Gasteiger partial charge in [0.25, 0.3) is 0 Å². The number of alkyl halides is 2. The molecule has 0 bridgehead atoms. The van der Waals surface area contributed by atoms with E-state index in [2.05, 4.69) is 27.7 Å². The second kappa shape index (κ2) is 7.86. The fourth-order valence-electron chi connectivity index (χ4n) is 6.56. The molecule has 0 aliphatic heterocycles. The molecule has 25 heavy (non-hydrogen) atoms. The highest BCUT2D eigenvalue weighted by Crippen LogP contribution is 2.63. The Kier molecular flexibility index (Phi) is 6.85. The number of nitrogens with two attached hydrogens (primary N) is 2. The molecule has 2 aliphatic rings. The fraction of sp³-hybridized carbons (Fsp3) is 1.00. The van der Waals surface area contributed by atoms with Gasteiger partial charge in [0.05, 0.1) is 9.75 Å². The molecule has 0 amide bonds. The standard InChI is InChI=1S/C21H40Cl2N2/c1-5-18(13-9-11-16(24)20(18,22)7-3)15-19(6-2)14-10-12-17(25)21(19,23)8-4/h16-17H,5-15,24-25H2,1-4H3. The zero-order chi connectivity index (χ0) is 18.9. The lowest BCUT2D eigenvalue weighted by Gasteiger charge is -2.61. The van der Waals surface area contributed by atoms with Crippen LogP contribution in [0.4, 0.5) is 0 Å². The summed E-state index contributed by atoms with van der Waals surface area (Å²) in [6.07, 6.45) is 11.8. The van der Waals surface area contributed by atoms with Gasteiger partial charge < -0.3 is 11.5 Å². The van der Waals surface area contributed by atoms with Crippen LogP contribution in [0.2, 0.25) is 0 Å². The van der Waals surface area contributed by atoms with Crippen molar-refractivity contribution in [1.82, 2.24) is 0 Å². The SMILES string of the molecule is CCC1(CC2(CC)CCCC(N)C2(Cl)CC)CCCC(N)C1(Cl)CC. The van der Waals surface area contributed by atoms with Crippen molar-refractivity contribution >= 4 is 23.2 Å². The van der Waals surface area contributed by atoms with E-state index in [0.717, 1.165) is 44.9 Å². The Morgan fingerprint density at radius 1 is 0.720 bits per heavy atom. The van der Waals surface area contributed by atoms with Crippen LogP contribution >= 0.6 is 23.2 Å². The molecule has 4 N–H and O–H groups in total. The van der Waals surface area contributed by atoms with Gasteiger partial charge in [-0.2, -0.15) is 0 Å². The second-order valence-electron chi connectivity index (χ2n) is 8.87. The number of hydrogen-bond donors (Lipinski definition) is 2. The van der Waals surface area contributed by atoms with Crippen molar-refractivity contribution in [3.8, 4) is 0 Å². The van der Waals surface area contributed by atoms with Crippen molar-refractivity contribution in [2.75, 3.05) is 0 Å². The third-order valence-electron chi connectivity index (χ3n) is 8.34. The molecule has 0 spiro atoms. The molecule has 0 aromatic heterocycles. The maximum Gasteiger partial charge on any atom is 0.0650 e. The molecule has 0 aromatic rings. The zero-order valence-electron chi connectivity index (χ0n) is 16.8. The van der Waals surface area contributed by atoms with E-state index in [0.29, 0.717) is 0 Å². The number of hydrogen-bond acceptors (Lipinski definition) is 2. The molecule has 0 radical (unpaired) electrons. The Labute approximate surface area is 165 Å². The van der Waals surface area contributed by atoms with Gasteiger partial charge in [-0.25, -0.2) is 0 Å². The van der Waals surface area contributed by atoms with Crippen LogP contribution in [0.3, 0.4) is 0 Å². The Morgan fingerprint density at radius 2 is 1.08 bits per heavy atom. The topological polar surface area (TPSA) is 52.0 Å². The smallest absolute Gasteiger partial charge is 0.0650 e. The third kappa shape index (κ3) is 3.18. The molecule has 2 nitrogen and oxygen atoms in total. The third-order valence-corrected chi connectivity index (χ3v) is 10.2. The molecule has 0 saturated heterocycles. The Morgan fingerprint density at radius 3 is 1.36 bits per heavy atom. The van der Waals surface area contributed by atoms with Crippen molar-refractivity contribution < 1.29 is 0 Å². The minimum atomic E-state index is -0.324. The molecule has 6 atom stereocenters. The van der Waals surface area contributed by atoms with Crippen molar-refractivity contribution in [2.45, 2.75) is 120 Å². The molecule has 4 heteroatoms. The van der Waals surface area contributed by atoms with Crippen molar-refractivity contribution in [1.29, 1.82) is 0 Å². The fourth-order valence-corrected chi connectivity index (χ4v) is 7.37. The summed E-state index contributed by atoms with van der Waals surface area (Å²) >= 11 is 14.7. The van der Waals surface area contributed by atoms with E-state index in [1.54, 1.807) is 0 Å². The highest BCUT2D eigenvalue weighted by Gasteiger charge is 2.61. The van der Waals surface area contributed by atoms with Crippen molar-refractivity contribution in [3.63, 3.8) is 0 Å². The summed E-state index contributed by atoms with van der Waals surface area (Å²) in [6.45, 7) is 9.03. The van der Waals surface area contributed by atoms with Gasteiger partial charge >= 0.3 is 0 Å². The summed E-state index contributed by atoms with van der Waals surface area (Å²) in [5.41, 5.74) is 13.3. The minimum absolute atomic E-state index is 0.0589. The van der Waals surface area contributed by atoms with E-state index in [4.69, 9.17) is 34.7 Å². The predicted molar refractivity (Wildman–Crippen MR) is 111 cm³/mol. The Bertz CT molecular complexity index is 419. The van der Waals surface area contributed by atoms with Crippen molar-refractivity contribution in [2.24, 2.45) is 22.3 Å². The minimum Gasteiger partial charge on any atom is -0.326 e. The van der Waals surface area contributed by atoms with Gasteiger partial charge in [-0.15, -0.1) is 23.2 Å².